The van der Waals surface area contributed by atoms with E-state index < -0.39 is 0 Å². The van der Waals surface area contributed by atoms with Crippen molar-refractivity contribution in [1.29, 1.82) is 0 Å². The number of hydrogen-bond acceptors (Lipinski definition) is 2. The zero-order valence-electron chi connectivity index (χ0n) is 10.6. The lowest BCUT2D eigenvalue weighted by Crippen LogP contribution is -1.99. The highest BCUT2D eigenvalue weighted by atomic mass is 32.2. The second kappa shape index (κ2) is 7.61. The average molecular weight is 238 g/mol. The van der Waals surface area contributed by atoms with Crippen molar-refractivity contribution in [3.63, 3.8) is 0 Å². The summed E-state index contributed by atoms with van der Waals surface area (Å²) in [6.45, 7) is 7.25. The Morgan fingerprint density at radius 2 is 2.00 bits per heavy atom. The largest absolute Gasteiger partial charge is 0.493 e. The number of thioether (sulfide) groups is 1. The Morgan fingerprint density at radius 1 is 1.19 bits per heavy atom. The summed E-state index contributed by atoms with van der Waals surface area (Å²) in [4.78, 5) is 0. The zero-order valence-corrected chi connectivity index (χ0v) is 11.4. The summed E-state index contributed by atoms with van der Waals surface area (Å²) in [5.74, 6) is 3.52. The average Bonchev–Trinajstić information content (AvgIpc) is 2.28. The van der Waals surface area contributed by atoms with Crippen LogP contribution >= 0.6 is 11.8 Å². The topological polar surface area (TPSA) is 9.23 Å². The molecule has 2 heteroatoms. The molecule has 1 aromatic rings. The Hall–Kier alpha value is -0.630. The zero-order chi connectivity index (χ0) is 11.8. The molecular weight excluding hydrogens is 216 g/mol. The van der Waals surface area contributed by atoms with Gasteiger partial charge in [0, 0.05) is 0 Å². The monoisotopic (exact) mass is 238 g/mol. The van der Waals surface area contributed by atoms with Crippen LogP contribution in [0.25, 0.3) is 0 Å². The van der Waals surface area contributed by atoms with Crippen LogP contribution in [0.3, 0.4) is 0 Å². The molecule has 0 aliphatic rings. The predicted octanol–water partition coefficient (Wildman–Crippen LogP) is 4.22. The molecule has 1 aromatic carbocycles. The van der Waals surface area contributed by atoms with Crippen LogP contribution in [0.2, 0.25) is 0 Å². The normalized spacial score (nSPS) is 10.4. The van der Waals surface area contributed by atoms with Gasteiger partial charge < -0.3 is 4.74 Å². The second-order valence-corrected chi connectivity index (χ2v) is 5.42. The first kappa shape index (κ1) is 13.4. The Morgan fingerprint density at radius 3 is 2.75 bits per heavy atom. The van der Waals surface area contributed by atoms with Gasteiger partial charge in [0.05, 0.1) is 6.61 Å². The van der Waals surface area contributed by atoms with Gasteiger partial charge in [0.25, 0.3) is 0 Å². The molecule has 1 rings (SSSR count). The molecule has 0 saturated heterocycles. The summed E-state index contributed by atoms with van der Waals surface area (Å²) in [6.07, 6.45) is 2.41. The summed E-state index contributed by atoms with van der Waals surface area (Å²) >= 11 is 2.00. The first-order chi connectivity index (χ1) is 7.74. The van der Waals surface area contributed by atoms with Crippen molar-refractivity contribution in [2.45, 2.75) is 33.6 Å². The summed E-state index contributed by atoms with van der Waals surface area (Å²) in [7, 11) is 0. The van der Waals surface area contributed by atoms with Gasteiger partial charge in [-0.2, -0.15) is 11.8 Å². The molecule has 0 radical (unpaired) electrons. The van der Waals surface area contributed by atoms with Gasteiger partial charge in [-0.1, -0.05) is 19.1 Å². The fourth-order valence-electron chi connectivity index (χ4n) is 1.50. The number of aryl methyl sites for hydroxylation is 2. The van der Waals surface area contributed by atoms with Crippen molar-refractivity contribution in [2.24, 2.45) is 0 Å². The maximum atomic E-state index is 5.79. The maximum Gasteiger partial charge on any atom is 0.122 e. The van der Waals surface area contributed by atoms with Gasteiger partial charge in [-0.05, 0) is 55.4 Å². The van der Waals surface area contributed by atoms with Crippen LogP contribution in [0, 0.1) is 13.8 Å². The van der Waals surface area contributed by atoms with Crippen molar-refractivity contribution >= 4 is 11.8 Å². The number of ether oxygens (including phenoxy) is 1. The molecule has 0 atom stereocenters. The van der Waals surface area contributed by atoms with Crippen LogP contribution in [0.5, 0.6) is 5.75 Å². The summed E-state index contributed by atoms with van der Waals surface area (Å²) in [5, 5.41) is 0. The van der Waals surface area contributed by atoms with Gasteiger partial charge in [-0.25, -0.2) is 0 Å². The van der Waals surface area contributed by atoms with Crippen LogP contribution in [0.15, 0.2) is 18.2 Å². The van der Waals surface area contributed by atoms with Crippen LogP contribution in [-0.4, -0.2) is 18.1 Å². The fraction of sp³-hybridized carbons (Fsp3) is 0.571. The van der Waals surface area contributed by atoms with E-state index in [1.54, 1.807) is 0 Å². The lowest BCUT2D eigenvalue weighted by Gasteiger charge is -2.09. The van der Waals surface area contributed by atoms with E-state index in [2.05, 4.69) is 39.0 Å². The van der Waals surface area contributed by atoms with Gasteiger partial charge >= 0.3 is 0 Å². The molecule has 0 aliphatic carbocycles. The first-order valence-electron chi connectivity index (χ1n) is 6.02. The number of unbranched alkanes of at least 4 members (excludes halogenated alkanes) is 1. The molecule has 0 fully saturated rings. The Balaban J connectivity index is 2.23. The highest BCUT2D eigenvalue weighted by molar-refractivity contribution is 7.99. The van der Waals surface area contributed by atoms with Crippen molar-refractivity contribution in [1.82, 2.24) is 0 Å². The Labute approximate surface area is 104 Å². The van der Waals surface area contributed by atoms with Crippen molar-refractivity contribution in [2.75, 3.05) is 18.1 Å². The molecule has 0 unspecified atom stereocenters. The molecule has 0 N–H and O–H groups in total. The fourth-order valence-corrected chi connectivity index (χ4v) is 2.19. The van der Waals surface area contributed by atoms with Gasteiger partial charge in [0.15, 0.2) is 0 Å². The highest BCUT2D eigenvalue weighted by Gasteiger charge is 1.99. The van der Waals surface area contributed by atoms with Crippen molar-refractivity contribution in [3.8, 4) is 5.75 Å². The van der Waals surface area contributed by atoms with Crippen molar-refractivity contribution < 1.29 is 4.74 Å². The van der Waals surface area contributed by atoms with Crippen LogP contribution < -0.4 is 4.74 Å². The van der Waals surface area contributed by atoms with E-state index in [1.165, 1.54) is 29.1 Å². The number of rotatable bonds is 7. The minimum Gasteiger partial charge on any atom is -0.493 e. The van der Waals surface area contributed by atoms with Crippen LogP contribution in [0.4, 0.5) is 0 Å². The molecule has 0 saturated carbocycles. The quantitative estimate of drug-likeness (QED) is 0.658. The molecule has 0 spiro atoms. The van der Waals surface area contributed by atoms with E-state index in [4.69, 9.17) is 4.74 Å². The van der Waals surface area contributed by atoms with Gasteiger partial charge in [-0.15, -0.1) is 0 Å². The molecule has 90 valence electrons. The van der Waals surface area contributed by atoms with E-state index in [0.29, 0.717) is 0 Å². The highest BCUT2D eigenvalue weighted by Crippen LogP contribution is 2.19. The summed E-state index contributed by atoms with van der Waals surface area (Å²) in [6, 6.07) is 6.37. The Kier molecular flexibility index (Phi) is 6.39. The molecule has 1 nitrogen and oxygen atoms in total. The third kappa shape index (κ3) is 4.93. The molecule has 0 heterocycles. The van der Waals surface area contributed by atoms with E-state index in [-0.39, 0.29) is 0 Å². The molecule has 0 bridgehead atoms. The van der Waals surface area contributed by atoms with Gasteiger partial charge in [-0.3, -0.25) is 0 Å². The van der Waals surface area contributed by atoms with E-state index in [9.17, 15) is 0 Å². The molecule has 16 heavy (non-hydrogen) atoms. The van der Waals surface area contributed by atoms with Crippen LogP contribution in [-0.2, 0) is 0 Å². The van der Waals surface area contributed by atoms with E-state index >= 15 is 0 Å². The Bertz CT molecular complexity index is 310. The standard InChI is InChI=1S/C14H22OS/c1-4-16-10-6-5-9-15-14-11-12(2)7-8-13(14)3/h7-8,11H,4-6,9-10H2,1-3H3. The lowest BCUT2D eigenvalue weighted by molar-refractivity contribution is 0.307. The minimum absolute atomic E-state index is 0.842. The summed E-state index contributed by atoms with van der Waals surface area (Å²) < 4.78 is 5.79. The van der Waals surface area contributed by atoms with Crippen molar-refractivity contribution in [3.05, 3.63) is 29.3 Å². The summed E-state index contributed by atoms with van der Waals surface area (Å²) in [5.41, 5.74) is 2.50. The first-order valence-corrected chi connectivity index (χ1v) is 7.17. The predicted molar refractivity (Wildman–Crippen MR) is 73.6 cm³/mol. The van der Waals surface area contributed by atoms with E-state index in [1.807, 2.05) is 11.8 Å². The van der Waals surface area contributed by atoms with Crippen LogP contribution in [0.1, 0.15) is 30.9 Å². The maximum absolute atomic E-state index is 5.79. The minimum atomic E-state index is 0.842. The molecule has 0 amide bonds. The van der Waals surface area contributed by atoms with Gasteiger partial charge in [0.2, 0.25) is 0 Å². The molecular formula is C14H22OS. The molecule has 0 aromatic heterocycles. The number of benzene rings is 1. The number of hydrogen-bond donors (Lipinski definition) is 0. The second-order valence-electron chi connectivity index (χ2n) is 4.02. The lowest BCUT2D eigenvalue weighted by atomic mass is 10.1. The smallest absolute Gasteiger partial charge is 0.122 e. The third-order valence-electron chi connectivity index (χ3n) is 2.49. The third-order valence-corrected chi connectivity index (χ3v) is 3.47. The van der Waals surface area contributed by atoms with E-state index in [0.717, 1.165) is 18.8 Å². The van der Waals surface area contributed by atoms with Gasteiger partial charge in [0.1, 0.15) is 5.75 Å². The SMILES string of the molecule is CCSCCCCOc1cc(C)ccc1C. The molecule has 0 aliphatic heterocycles.